The Balaban J connectivity index is 1.46. The Bertz CT molecular complexity index is 817. The van der Waals surface area contributed by atoms with Crippen LogP contribution in [0.25, 0.3) is 0 Å². The third-order valence-corrected chi connectivity index (χ3v) is 5.37. The molecule has 2 aromatic carbocycles. The van der Waals surface area contributed by atoms with Gasteiger partial charge in [0, 0.05) is 50.0 Å². The minimum Gasteiger partial charge on any atom is -0.382 e. The zero-order valence-electron chi connectivity index (χ0n) is 14.9. The molecule has 1 saturated heterocycles. The van der Waals surface area contributed by atoms with Gasteiger partial charge in [-0.05, 0) is 36.8 Å². The second-order valence-electron chi connectivity index (χ2n) is 6.78. The topological polar surface area (TPSA) is 38.8 Å². The molecule has 0 atom stereocenters. The molecule has 4 rings (SSSR count). The van der Waals surface area contributed by atoms with Gasteiger partial charge in [0.1, 0.15) is 0 Å². The van der Waals surface area contributed by atoms with E-state index in [2.05, 4.69) is 41.4 Å². The fraction of sp³-hybridized carbons (Fsp3) is 0.350. The molecule has 136 valence electrons. The molecule has 2 aliphatic heterocycles. The van der Waals surface area contributed by atoms with Gasteiger partial charge in [-0.25, -0.2) is 4.79 Å². The number of aryl methyl sites for hydroxylation is 1. The van der Waals surface area contributed by atoms with E-state index < -0.39 is 0 Å². The highest BCUT2D eigenvalue weighted by Gasteiger charge is 2.29. The van der Waals surface area contributed by atoms with Crippen molar-refractivity contribution in [1.82, 2.24) is 4.90 Å². The second kappa shape index (κ2) is 7.08. The van der Waals surface area contributed by atoms with E-state index >= 15 is 0 Å². The predicted molar refractivity (Wildman–Crippen MR) is 108 cm³/mol. The van der Waals surface area contributed by atoms with Gasteiger partial charge in [0.05, 0.1) is 11.4 Å². The summed E-state index contributed by atoms with van der Waals surface area (Å²) in [4.78, 5) is 19.3. The molecule has 2 aliphatic rings. The minimum atomic E-state index is 0.0829. The first-order chi connectivity index (χ1) is 12.6. The molecule has 0 aromatic heterocycles. The zero-order chi connectivity index (χ0) is 18.1. The maximum atomic E-state index is 13.1. The number of hydrogen-bond donors (Lipinski definition) is 1. The number of rotatable bonds is 1. The normalized spacial score (nSPS) is 16.9. The highest BCUT2D eigenvalue weighted by atomic mass is 35.5. The lowest BCUT2D eigenvalue weighted by Crippen LogP contribution is -2.54. The number of amides is 2. The van der Waals surface area contributed by atoms with Crippen LogP contribution in [0.1, 0.15) is 5.56 Å². The molecule has 6 heteroatoms. The fourth-order valence-electron chi connectivity index (χ4n) is 3.73. The summed E-state index contributed by atoms with van der Waals surface area (Å²) in [7, 11) is 0. The van der Waals surface area contributed by atoms with Gasteiger partial charge in [-0.3, -0.25) is 4.90 Å². The lowest BCUT2D eigenvalue weighted by molar-refractivity contribution is 0.201. The highest BCUT2D eigenvalue weighted by molar-refractivity contribution is 6.31. The van der Waals surface area contributed by atoms with Crippen molar-refractivity contribution in [2.24, 2.45) is 0 Å². The quantitative estimate of drug-likeness (QED) is 0.829. The van der Waals surface area contributed by atoms with Crippen molar-refractivity contribution >= 4 is 34.7 Å². The van der Waals surface area contributed by atoms with Crippen molar-refractivity contribution in [3.05, 3.63) is 53.1 Å². The van der Waals surface area contributed by atoms with Gasteiger partial charge in [-0.1, -0.05) is 29.8 Å². The summed E-state index contributed by atoms with van der Waals surface area (Å²) in [5, 5.41) is 4.00. The van der Waals surface area contributed by atoms with E-state index in [4.69, 9.17) is 11.6 Å². The van der Waals surface area contributed by atoms with Crippen LogP contribution in [0.2, 0.25) is 5.02 Å². The molecule has 5 nitrogen and oxygen atoms in total. The van der Waals surface area contributed by atoms with E-state index in [9.17, 15) is 4.79 Å². The van der Waals surface area contributed by atoms with E-state index in [1.54, 1.807) is 0 Å². The molecule has 2 amide bonds. The van der Waals surface area contributed by atoms with Crippen molar-refractivity contribution in [2.45, 2.75) is 6.92 Å². The second-order valence-corrected chi connectivity index (χ2v) is 7.22. The van der Waals surface area contributed by atoms with Crippen molar-refractivity contribution < 1.29 is 4.79 Å². The van der Waals surface area contributed by atoms with Gasteiger partial charge in [0.2, 0.25) is 0 Å². The molecule has 0 aliphatic carbocycles. The summed E-state index contributed by atoms with van der Waals surface area (Å²) >= 11 is 6.08. The summed E-state index contributed by atoms with van der Waals surface area (Å²) in [6.45, 7) is 6.73. The molecule has 0 spiro atoms. The van der Waals surface area contributed by atoms with E-state index in [-0.39, 0.29) is 6.03 Å². The molecule has 0 bridgehead atoms. The van der Waals surface area contributed by atoms with Crippen LogP contribution in [0, 0.1) is 6.92 Å². The van der Waals surface area contributed by atoms with Gasteiger partial charge in [0.25, 0.3) is 0 Å². The maximum absolute atomic E-state index is 13.1. The van der Waals surface area contributed by atoms with Crippen molar-refractivity contribution in [3.8, 4) is 0 Å². The summed E-state index contributed by atoms with van der Waals surface area (Å²) in [5.41, 5.74) is 4.38. The molecular formula is C20H23ClN4O. The largest absolute Gasteiger partial charge is 0.382 e. The van der Waals surface area contributed by atoms with Gasteiger partial charge in [0.15, 0.2) is 0 Å². The number of nitrogens with zero attached hydrogens (tertiary/aromatic N) is 3. The van der Waals surface area contributed by atoms with Gasteiger partial charge in [-0.2, -0.15) is 0 Å². The zero-order valence-corrected chi connectivity index (χ0v) is 15.7. The number of hydrogen-bond acceptors (Lipinski definition) is 3. The Morgan fingerprint density at radius 2 is 1.77 bits per heavy atom. The summed E-state index contributed by atoms with van der Waals surface area (Å²) in [5.74, 6) is 0. The number of carbonyl (C=O) groups is 1. The highest BCUT2D eigenvalue weighted by Crippen LogP contribution is 2.32. The molecule has 1 N–H and O–H groups in total. The molecule has 0 radical (unpaired) electrons. The van der Waals surface area contributed by atoms with Crippen LogP contribution in [0.5, 0.6) is 0 Å². The van der Waals surface area contributed by atoms with Gasteiger partial charge < -0.3 is 15.1 Å². The summed E-state index contributed by atoms with van der Waals surface area (Å²) in [6, 6.07) is 14.1. The molecular weight excluding hydrogens is 348 g/mol. The number of nitrogens with one attached hydrogen (secondary N) is 1. The average Bonchev–Trinajstić information content (AvgIpc) is 2.67. The third-order valence-electron chi connectivity index (χ3n) is 5.14. The number of halogens is 1. The number of urea groups is 1. The average molecular weight is 371 g/mol. The van der Waals surface area contributed by atoms with Crippen LogP contribution in [0.15, 0.2) is 42.5 Å². The molecule has 0 unspecified atom stereocenters. The monoisotopic (exact) mass is 370 g/mol. The van der Waals surface area contributed by atoms with Crippen molar-refractivity contribution in [2.75, 3.05) is 54.4 Å². The Morgan fingerprint density at radius 1 is 1.00 bits per heavy atom. The maximum Gasteiger partial charge on any atom is 0.324 e. The fourth-order valence-corrected chi connectivity index (χ4v) is 3.91. The van der Waals surface area contributed by atoms with E-state index in [0.717, 1.165) is 44.1 Å². The molecule has 1 fully saturated rings. The van der Waals surface area contributed by atoms with Crippen LogP contribution in [0.4, 0.5) is 21.9 Å². The van der Waals surface area contributed by atoms with Crippen LogP contribution in [-0.2, 0) is 0 Å². The molecule has 2 heterocycles. The number of anilines is 3. The van der Waals surface area contributed by atoms with E-state index in [1.165, 1.54) is 11.3 Å². The van der Waals surface area contributed by atoms with Crippen LogP contribution in [0.3, 0.4) is 0 Å². The Kier molecular flexibility index (Phi) is 4.64. The molecule has 2 aromatic rings. The molecule has 0 saturated carbocycles. The number of fused-ring (bicyclic) bond motifs is 1. The van der Waals surface area contributed by atoms with Crippen LogP contribution < -0.4 is 15.1 Å². The minimum absolute atomic E-state index is 0.0829. The third kappa shape index (κ3) is 3.19. The number of para-hydroxylation sites is 1. The first kappa shape index (κ1) is 17.0. The van der Waals surface area contributed by atoms with Crippen molar-refractivity contribution in [3.63, 3.8) is 0 Å². The number of piperazine rings is 1. The Labute approximate surface area is 159 Å². The standard InChI is InChI=1S/C20H23ClN4O/c1-15-4-2-3-5-18(15)23-10-12-24(13-11-23)20(26)25-9-8-22-17-14-16(21)6-7-19(17)25/h2-7,14,22H,8-13H2,1H3. The number of carbonyl (C=O) groups excluding carboxylic acids is 1. The lowest BCUT2D eigenvalue weighted by atomic mass is 10.1. The van der Waals surface area contributed by atoms with Gasteiger partial charge >= 0.3 is 6.03 Å². The predicted octanol–water partition coefficient (Wildman–Crippen LogP) is 3.82. The van der Waals surface area contributed by atoms with Gasteiger partial charge in [-0.15, -0.1) is 0 Å². The van der Waals surface area contributed by atoms with Crippen LogP contribution in [-0.4, -0.2) is 50.2 Å². The first-order valence-electron chi connectivity index (χ1n) is 9.04. The SMILES string of the molecule is Cc1ccccc1N1CCN(C(=O)N2CCNc3cc(Cl)ccc32)CC1. The lowest BCUT2D eigenvalue weighted by Gasteiger charge is -2.40. The smallest absolute Gasteiger partial charge is 0.324 e. The Hall–Kier alpha value is -2.40. The van der Waals surface area contributed by atoms with Crippen LogP contribution >= 0.6 is 11.6 Å². The van der Waals surface area contributed by atoms with E-state index in [1.807, 2.05) is 28.0 Å². The first-order valence-corrected chi connectivity index (χ1v) is 9.42. The molecule has 26 heavy (non-hydrogen) atoms. The summed E-state index contributed by atoms with van der Waals surface area (Å²) in [6.07, 6.45) is 0. The summed E-state index contributed by atoms with van der Waals surface area (Å²) < 4.78 is 0. The Morgan fingerprint density at radius 3 is 2.54 bits per heavy atom. The van der Waals surface area contributed by atoms with E-state index in [0.29, 0.717) is 11.6 Å². The number of benzene rings is 2. The van der Waals surface area contributed by atoms with Crippen molar-refractivity contribution in [1.29, 1.82) is 0 Å².